The molecular formula is C14H27NO3. The molecule has 0 radical (unpaired) electrons. The van der Waals surface area contributed by atoms with Gasteiger partial charge in [-0.2, -0.15) is 0 Å². The van der Waals surface area contributed by atoms with Gasteiger partial charge >= 0.3 is 0 Å². The average molecular weight is 257 g/mol. The molecule has 0 spiro atoms. The predicted molar refractivity (Wildman–Crippen MR) is 70.7 cm³/mol. The molecule has 106 valence electrons. The number of rotatable bonds is 8. The SMILES string of the molecule is COCCCOC1CCCC(CO)(NC2CC2)C1. The first kappa shape index (κ1) is 14.3. The van der Waals surface area contributed by atoms with E-state index in [-0.39, 0.29) is 12.1 Å². The van der Waals surface area contributed by atoms with Crippen molar-refractivity contribution < 1.29 is 14.6 Å². The van der Waals surface area contributed by atoms with Gasteiger partial charge in [0.15, 0.2) is 0 Å². The van der Waals surface area contributed by atoms with E-state index in [0.717, 1.165) is 45.3 Å². The number of hydrogen-bond donors (Lipinski definition) is 2. The summed E-state index contributed by atoms with van der Waals surface area (Å²) in [5, 5.41) is 13.3. The molecule has 2 rings (SSSR count). The van der Waals surface area contributed by atoms with Crippen LogP contribution in [-0.2, 0) is 9.47 Å². The molecule has 4 nitrogen and oxygen atoms in total. The van der Waals surface area contributed by atoms with Gasteiger partial charge < -0.3 is 19.9 Å². The average Bonchev–Trinajstić information content (AvgIpc) is 3.19. The van der Waals surface area contributed by atoms with E-state index in [1.807, 2.05) is 0 Å². The van der Waals surface area contributed by atoms with Gasteiger partial charge in [-0.15, -0.1) is 0 Å². The van der Waals surface area contributed by atoms with Crippen LogP contribution in [0.25, 0.3) is 0 Å². The third kappa shape index (κ3) is 4.19. The van der Waals surface area contributed by atoms with Crippen molar-refractivity contribution >= 4 is 0 Å². The normalized spacial score (nSPS) is 32.7. The molecule has 0 aromatic carbocycles. The highest BCUT2D eigenvalue weighted by Crippen LogP contribution is 2.33. The topological polar surface area (TPSA) is 50.7 Å². The van der Waals surface area contributed by atoms with Crippen molar-refractivity contribution in [3.8, 4) is 0 Å². The fourth-order valence-electron chi connectivity index (χ4n) is 2.88. The highest BCUT2D eigenvalue weighted by atomic mass is 16.5. The van der Waals surface area contributed by atoms with Crippen LogP contribution in [0.5, 0.6) is 0 Å². The molecule has 2 N–H and O–H groups in total. The minimum atomic E-state index is -0.0780. The number of nitrogens with one attached hydrogen (secondary N) is 1. The van der Waals surface area contributed by atoms with Crippen LogP contribution in [0.4, 0.5) is 0 Å². The summed E-state index contributed by atoms with van der Waals surface area (Å²) in [5.74, 6) is 0. The number of ether oxygens (including phenoxy) is 2. The number of methoxy groups -OCH3 is 1. The maximum Gasteiger partial charge on any atom is 0.0614 e. The molecule has 0 bridgehead atoms. The third-order valence-corrected chi connectivity index (χ3v) is 4.04. The molecule has 0 aromatic rings. The number of aliphatic hydroxyl groups is 1. The van der Waals surface area contributed by atoms with E-state index in [1.54, 1.807) is 7.11 Å². The Kier molecular flexibility index (Phi) is 5.42. The van der Waals surface area contributed by atoms with E-state index in [2.05, 4.69) is 5.32 Å². The molecule has 2 aliphatic rings. The highest BCUT2D eigenvalue weighted by molar-refractivity contribution is 4.99. The predicted octanol–water partition coefficient (Wildman–Crippen LogP) is 1.47. The zero-order chi connectivity index (χ0) is 12.8. The van der Waals surface area contributed by atoms with Crippen molar-refractivity contribution in [2.75, 3.05) is 26.9 Å². The van der Waals surface area contributed by atoms with Gasteiger partial charge in [-0.25, -0.2) is 0 Å². The molecule has 2 aliphatic carbocycles. The highest BCUT2D eigenvalue weighted by Gasteiger charge is 2.40. The Labute approximate surface area is 110 Å². The van der Waals surface area contributed by atoms with Crippen molar-refractivity contribution in [1.29, 1.82) is 0 Å². The smallest absolute Gasteiger partial charge is 0.0614 e. The maximum absolute atomic E-state index is 9.71. The quantitative estimate of drug-likeness (QED) is 0.647. The van der Waals surface area contributed by atoms with Gasteiger partial charge in [0.1, 0.15) is 0 Å². The lowest BCUT2D eigenvalue weighted by atomic mass is 9.80. The Morgan fingerprint density at radius 1 is 1.28 bits per heavy atom. The Bertz CT molecular complexity index is 245. The van der Waals surface area contributed by atoms with Crippen LogP contribution in [0.2, 0.25) is 0 Å². The van der Waals surface area contributed by atoms with E-state index in [0.29, 0.717) is 12.1 Å². The van der Waals surface area contributed by atoms with Crippen LogP contribution >= 0.6 is 0 Å². The van der Waals surface area contributed by atoms with Gasteiger partial charge in [0, 0.05) is 31.9 Å². The number of aliphatic hydroxyl groups excluding tert-OH is 1. The van der Waals surface area contributed by atoms with Crippen LogP contribution in [0, 0.1) is 0 Å². The summed E-state index contributed by atoms with van der Waals surface area (Å²) < 4.78 is 10.9. The van der Waals surface area contributed by atoms with Gasteiger partial charge in [-0.1, -0.05) is 0 Å². The first-order chi connectivity index (χ1) is 8.78. The molecule has 2 saturated carbocycles. The molecule has 0 amide bonds. The molecule has 0 saturated heterocycles. The van der Waals surface area contributed by atoms with Crippen LogP contribution in [-0.4, -0.2) is 49.7 Å². The molecule has 4 heteroatoms. The van der Waals surface area contributed by atoms with Gasteiger partial charge in [0.05, 0.1) is 12.7 Å². The van der Waals surface area contributed by atoms with Crippen LogP contribution in [0.1, 0.15) is 44.9 Å². The van der Waals surface area contributed by atoms with Crippen LogP contribution in [0.3, 0.4) is 0 Å². The maximum atomic E-state index is 9.71. The van der Waals surface area contributed by atoms with Crippen molar-refractivity contribution in [1.82, 2.24) is 5.32 Å². The standard InChI is InChI=1S/C14H27NO3/c1-17-8-3-9-18-13-4-2-7-14(10-13,11-16)15-12-5-6-12/h12-13,15-16H,2-11H2,1H3. The fraction of sp³-hybridized carbons (Fsp3) is 1.00. The zero-order valence-corrected chi connectivity index (χ0v) is 11.5. The van der Waals surface area contributed by atoms with Crippen LogP contribution in [0.15, 0.2) is 0 Å². The van der Waals surface area contributed by atoms with Gasteiger partial charge in [0.25, 0.3) is 0 Å². The Morgan fingerprint density at radius 2 is 2.11 bits per heavy atom. The van der Waals surface area contributed by atoms with Gasteiger partial charge in [0.2, 0.25) is 0 Å². The lowest BCUT2D eigenvalue weighted by Crippen LogP contribution is -2.54. The lowest BCUT2D eigenvalue weighted by molar-refractivity contribution is -0.0214. The van der Waals surface area contributed by atoms with E-state index in [1.165, 1.54) is 12.8 Å². The first-order valence-corrected chi connectivity index (χ1v) is 7.27. The van der Waals surface area contributed by atoms with Gasteiger partial charge in [-0.3, -0.25) is 0 Å². The summed E-state index contributed by atoms with van der Waals surface area (Å²) in [6.07, 6.45) is 8.09. The molecule has 0 aliphatic heterocycles. The van der Waals surface area contributed by atoms with E-state index in [4.69, 9.17) is 9.47 Å². The molecule has 18 heavy (non-hydrogen) atoms. The van der Waals surface area contributed by atoms with Crippen molar-refractivity contribution in [2.24, 2.45) is 0 Å². The van der Waals surface area contributed by atoms with Crippen molar-refractivity contribution in [2.45, 2.75) is 62.6 Å². The summed E-state index contributed by atoms with van der Waals surface area (Å²) in [6, 6.07) is 0.643. The van der Waals surface area contributed by atoms with E-state index >= 15 is 0 Å². The third-order valence-electron chi connectivity index (χ3n) is 4.04. The summed E-state index contributed by atoms with van der Waals surface area (Å²) in [7, 11) is 1.72. The van der Waals surface area contributed by atoms with Crippen molar-refractivity contribution in [3.05, 3.63) is 0 Å². The molecular weight excluding hydrogens is 230 g/mol. The molecule has 0 heterocycles. The summed E-state index contributed by atoms with van der Waals surface area (Å²) in [4.78, 5) is 0. The Morgan fingerprint density at radius 3 is 2.78 bits per heavy atom. The minimum absolute atomic E-state index is 0.0780. The second-order valence-corrected chi connectivity index (χ2v) is 5.79. The van der Waals surface area contributed by atoms with Crippen LogP contribution < -0.4 is 5.32 Å². The second kappa shape index (κ2) is 6.85. The first-order valence-electron chi connectivity index (χ1n) is 7.27. The second-order valence-electron chi connectivity index (χ2n) is 5.79. The van der Waals surface area contributed by atoms with Crippen molar-refractivity contribution in [3.63, 3.8) is 0 Å². The van der Waals surface area contributed by atoms with E-state index in [9.17, 15) is 5.11 Å². The zero-order valence-electron chi connectivity index (χ0n) is 11.5. The molecule has 2 fully saturated rings. The lowest BCUT2D eigenvalue weighted by Gasteiger charge is -2.40. The summed E-state index contributed by atoms with van der Waals surface area (Å²) >= 11 is 0. The summed E-state index contributed by atoms with van der Waals surface area (Å²) in [5.41, 5.74) is -0.0780. The molecule has 2 unspecified atom stereocenters. The number of hydrogen-bond acceptors (Lipinski definition) is 4. The summed E-state index contributed by atoms with van der Waals surface area (Å²) in [6.45, 7) is 1.77. The molecule has 2 atom stereocenters. The minimum Gasteiger partial charge on any atom is -0.394 e. The Balaban J connectivity index is 1.74. The fourth-order valence-corrected chi connectivity index (χ4v) is 2.88. The monoisotopic (exact) mass is 257 g/mol. The van der Waals surface area contributed by atoms with E-state index < -0.39 is 0 Å². The Hall–Kier alpha value is -0.160. The van der Waals surface area contributed by atoms with Gasteiger partial charge in [-0.05, 0) is 44.9 Å². The molecule has 0 aromatic heterocycles. The largest absolute Gasteiger partial charge is 0.394 e.